The zero-order valence-electron chi connectivity index (χ0n) is 11.2. The molecule has 0 aliphatic heterocycles. The minimum atomic E-state index is -4.45. The van der Waals surface area contributed by atoms with Gasteiger partial charge in [-0.3, -0.25) is 0 Å². The van der Waals surface area contributed by atoms with Crippen molar-refractivity contribution in [3.8, 4) is 5.75 Å². The molecule has 3 nitrogen and oxygen atoms in total. The topological polar surface area (TPSA) is 58.6 Å². The molecular formula is C15H12F4N2O. The maximum Gasteiger partial charge on any atom is 0.416 e. The summed E-state index contributed by atoms with van der Waals surface area (Å²) in [6.45, 7) is 0. The summed E-state index contributed by atoms with van der Waals surface area (Å²) >= 11 is 0. The number of nitrogens with two attached hydrogens (primary N) is 1. The fraction of sp³-hybridized carbons (Fsp3) is 0.133. The number of phenols is 1. The first-order chi connectivity index (χ1) is 10.3. The van der Waals surface area contributed by atoms with Crippen molar-refractivity contribution in [3.63, 3.8) is 0 Å². The number of amidine groups is 1. The van der Waals surface area contributed by atoms with Crippen LogP contribution in [0.25, 0.3) is 0 Å². The Labute approximate surface area is 123 Å². The van der Waals surface area contributed by atoms with E-state index in [1.807, 2.05) is 0 Å². The molecule has 0 unspecified atom stereocenters. The Kier molecular flexibility index (Phi) is 4.35. The number of phenolic OH excluding ortho intramolecular Hbond substituents is 1. The lowest BCUT2D eigenvalue weighted by Gasteiger charge is -2.08. The monoisotopic (exact) mass is 312 g/mol. The standard InChI is InChI=1S/C15H12F4N2O/c16-12-5-4-11(22)8-13(12)21-14(20)7-9-2-1-3-10(6-9)15(17,18)19/h1-6,8,22H,7H2,(H2,20,21). The molecule has 0 spiro atoms. The lowest BCUT2D eigenvalue weighted by Crippen LogP contribution is -2.15. The van der Waals surface area contributed by atoms with Gasteiger partial charge in [0.15, 0.2) is 0 Å². The summed E-state index contributed by atoms with van der Waals surface area (Å²) in [5.74, 6) is -0.944. The molecule has 0 aromatic heterocycles. The molecule has 3 N–H and O–H groups in total. The van der Waals surface area contributed by atoms with E-state index in [4.69, 9.17) is 5.73 Å². The van der Waals surface area contributed by atoms with Crippen molar-refractivity contribution in [3.05, 3.63) is 59.4 Å². The highest BCUT2D eigenvalue weighted by Gasteiger charge is 2.30. The lowest BCUT2D eigenvalue weighted by molar-refractivity contribution is -0.137. The van der Waals surface area contributed by atoms with Crippen LogP contribution in [0.3, 0.4) is 0 Å². The van der Waals surface area contributed by atoms with Crippen LogP contribution in [0.1, 0.15) is 11.1 Å². The van der Waals surface area contributed by atoms with E-state index in [9.17, 15) is 22.7 Å². The average Bonchev–Trinajstić information content (AvgIpc) is 2.42. The van der Waals surface area contributed by atoms with Crippen molar-refractivity contribution in [1.82, 2.24) is 0 Å². The van der Waals surface area contributed by atoms with Crippen LogP contribution < -0.4 is 5.73 Å². The predicted molar refractivity (Wildman–Crippen MR) is 74.5 cm³/mol. The van der Waals surface area contributed by atoms with E-state index in [-0.39, 0.29) is 23.7 Å². The lowest BCUT2D eigenvalue weighted by atomic mass is 10.1. The second-order valence-electron chi connectivity index (χ2n) is 4.61. The maximum absolute atomic E-state index is 13.5. The summed E-state index contributed by atoms with van der Waals surface area (Å²) < 4.78 is 51.3. The number of hydrogen-bond acceptors (Lipinski definition) is 2. The summed E-state index contributed by atoms with van der Waals surface area (Å²) in [5, 5.41) is 9.26. The fourth-order valence-corrected chi connectivity index (χ4v) is 1.85. The van der Waals surface area contributed by atoms with Gasteiger partial charge in [-0.15, -0.1) is 0 Å². The number of halogens is 4. The molecular weight excluding hydrogens is 300 g/mol. The number of alkyl halides is 3. The molecule has 116 valence electrons. The summed E-state index contributed by atoms with van der Waals surface area (Å²) in [6, 6.07) is 7.89. The summed E-state index contributed by atoms with van der Waals surface area (Å²) in [4.78, 5) is 3.78. The van der Waals surface area contributed by atoms with E-state index in [0.717, 1.165) is 30.3 Å². The Balaban J connectivity index is 2.23. The molecule has 2 aromatic carbocycles. The molecule has 7 heteroatoms. The fourth-order valence-electron chi connectivity index (χ4n) is 1.85. The average molecular weight is 312 g/mol. The first kappa shape index (κ1) is 15.8. The smallest absolute Gasteiger partial charge is 0.416 e. The van der Waals surface area contributed by atoms with Crippen molar-refractivity contribution in [2.24, 2.45) is 10.7 Å². The van der Waals surface area contributed by atoms with Gasteiger partial charge in [0.25, 0.3) is 0 Å². The zero-order valence-corrected chi connectivity index (χ0v) is 11.2. The van der Waals surface area contributed by atoms with Gasteiger partial charge in [-0.25, -0.2) is 9.38 Å². The summed E-state index contributed by atoms with van der Waals surface area (Å²) in [6.07, 6.45) is -4.52. The Morgan fingerprint density at radius 3 is 2.55 bits per heavy atom. The third-order valence-corrected chi connectivity index (χ3v) is 2.83. The van der Waals surface area contributed by atoms with Crippen LogP contribution in [-0.4, -0.2) is 10.9 Å². The molecule has 22 heavy (non-hydrogen) atoms. The molecule has 0 fully saturated rings. The van der Waals surface area contributed by atoms with Gasteiger partial charge in [0.1, 0.15) is 23.1 Å². The van der Waals surface area contributed by atoms with Gasteiger partial charge in [0.05, 0.1) is 5.56 Å². The number of hydrogen-bond donors (Lipinski definition) is 2. The van der Waals surface area contributed by atoms with E-state index < -0.39 is 17.6 Å². The van der Waals surface area contributed by atoms with Gasteiger partial charge in [0.2, 0.25) is 0 Å². The molecule has 0 aliphatic rings. The second kappa shape index (κ2) is 6.05. The summed E-state index contributed by atoms with van der Waals surface area (Å²) in [5.41, 5.74) is 4.97. The first-order valence-corrected chi connectivity index (χ1v) is 6.23. The molecule has 2 aromatic rings. The van der Waals surface area contributed by atoms with Gasteiger partial charge in [-0.2, -0.15) is 13.2 Å². The zero-order chi connectivity index (χ0) is 16.3. The number of benzene rings is 2. The van der Waals surface area contributed by atoms with Crippen LogP contribution in [0.4, 0.5) is 23.2 Å². The van der Waals surface area contributed by atoms with Crippen LogP contribution in [0.2, 0.25) is 0 Å². The Morgan fingerprint density at radius 1 is 1.14 bits per heavy atom. The molecule has 0 radical (unpaired) electrons. The SMILES string of the molecule is NC(Cc1cccc(C(F)(F)F)c1)=Nc1cc(O)ccc1F. The summed E-state index contributed by atoms with van der Waals surface area (Å²) in [7, 11) is 0. The van der Waals surface area contributed by atoms with E-state index in [1.165, 1.54) is 12.1 Å². The van der Waals surface area contributed by atoms with Crippen molar-refractivity contribution in [2.75, 3.05) is 0 Å². The highest BCUT2D eigenvalue weighted by Crippen LogP contribution is 2.29. The van der Waals surface area contributed by atoms with Crippen LogP contribution in [0.5, 0.6) is 5.75 Å². The van der Waals surface area contributed by atoms with Crippen LogP contribution in [0, 0.1) is 5.82 Å². The third kappa shape index (κ3) is 3.97. The van der Waals surface area contributed by atoms with Crippen LogP contribution >= 0.6 is 0 Å². The molecule has 0 saturated heterocycles. The minimum Gasteiger partial charge on any atom is -0.508 e. The van der Waals surface area contributed by atoms with Crippen LogP contribution in [0.15, 0.2) is 47.5 Å². The van der Waals surface area contributed by atoms with E-state index in [1.54, 1.807) is 0 Å². The van der Waals surface area contributed by atoms with Crippen molar-refractivity contribution in [1.29, 1.82) is 0 Å². The normalized spacial score (nSPS) is 12.5. The van der Waals surface area contributed by atoms with Crippen molar-refractivity contribution < 1.29 is 22.7 Å². The molecule has 2 rings (SSSR count). The molecule has 0 bridgehead atoms. The maximum atomic E-state index is 13.5. The number of rotatable bonds is 3. The Hall–Kier alpha value is -2.57. The third-order valence-electron chi connectivity index (χ3n) is 2.83. The van der Waals surface area contributed by atoms with Gasteiger partial charge in [0, 0.05) is 12.5 Å². The quantitative estimate of drug-likeness (QED) is 0.515. The Morgan fingerprint density at radius 2 is 1.86 bits per heavy atom. The molecule has 0 atom stereocenters. The van der Waals surface area contributed by atoms with Crippen molar-refractivity contribution >= 4 is 11.5 Å². The van der Waals surface area contributed by atoms with E-state index in [2.05, 4.69) is 4.99 Å². The van der Waals surface area contributed by atoms with Gasteiger partial charge in [-0.05, 0) is 23.8 Å². The number of aromatic hydroxyl groups is 1. The Bertz CT molecular complexity index is 711. The number of nitrogens with zero attached hydrogens (tertiary/aromatic N) is 1. The van der Waals surface area contributed by atoms with Crippen LogP contribution in [-0.2, 0) is 12.6 Å². The van der Waals surface area contributed by atoms with Gasteiger partial charge < -0.3 is 10.8 Å². The first-order valence-electron chi connectivity index (χ1n) is 6.23. The number of aliphatic imine (C=N–C) groups is 1. The highest BCUT2D eigenvalue weighted by molar-refractivity contribution is 5.85. The van der Waals surface area contributed by atoms with Crippen molar-refractivity contribution in [2.45, 2.75) is 12.6 Å². The van der Waals surface area contributed by atoms with Gasteiger partial charge in [-0.1, -0.05) is 18.2 Å². The second-order valence-corrected chi connectivity index (χ2v) is 4.61. The molecule has 0 amide bonds. The largest absolute Gasteiger partial charge is 0.508 e. The highest BCUT2D eigenvalue weighted by atomic mass is 19.4. The molecule has 0 saturated carbocycles. The minimum absolute atomic E-state index is 0.0659. The van der Waals surface area contributed by atoms with E-state index >= 15 is 0 Å². The molecule has 0 aliphatic carbocycles. The van der Waals surface area contributed by atoms with E-state index in [0.29, 0.717) is 5.56 Å². The molecule has 0 heterocycles. The van der Waals surface area contributed by atoms with Gasteiger partial charge >= 0.3 is 6.18 Å². The predicted octanol–water partition coefficient (Wildman–Crippen LogP) is 3.78.